The molecular formula is C22H29ClN2O. The van der Waals surface area contributed by atoms with E-state index in [4.69, 9.17) is 11.6 Å². The largest absolute Gasteiger partial charge is 0.358 e. The van der Waals surface area contributed by atoms with Crippen LogP contribution < -0.4 is 5.43 Å². The summed E-state index contributed by atoms with van der Waals surface area (Å²) in [5, 5.41) is 1.45. The van der Waals surface area contributed by atoms with E-state index in [-0.39, 0.29) is 5.43 Å². The smallest absolute Gasteiger partial charge is 0.194 e. The zero-order chi connectivity index (χ0) is 18.9. The first kappa shape index (κ1) is 18.1. The maximum absolute atomic E-state index is 13.2. The zero-order valence-corrected chi connectivity index (χ0v) is 17.3. The first-order valence-electron chi connectivity index (χ1n) is 9.63. The number of benzene rings is 1. The van der Waals surface area contributed by atoms with Gasteiger partial charge in [-0.25, -0.2) is 0 Å². The van der Waals surface area contributed by atoms with Crippen LogP contribution in [0.1, 0.15) is 56.9 Å². The molecule has 1 aromatic heterocycles. The first-order chi connectivity index (χ1) is 12.1. The third-order valence-electron chi connectivity index (χ3n) is 6.57. The molecule has 2 bridgehead atoms. The van der Waals surface area contributed by atoms with Crippen molar-refractivity contribution in [3.63, 3.8) is 0 Å². The van der Waals surface area contributed by atoms with Crippen LogP contribution in [0.25, 0.3) is 10.9 Å². The molecule has 2 aromatic rings. The summed E-state index contributed by atoms with van der Waals surface area (Å²) in [4.78, 5) is 19.2. The van der Waals surface area contributed by atoms with Crippen LogP contribution in [0.5, 0.6) is 0 Å². The van der Waals surface area contributed by atoms with E-state index in [9.17, 15) is 4.79 Å². The van der Waals surface area contributed by atoms with Gasteiger partial charge in [0.2, 0.25) is 0 Å². The number of halogens is 1. The number of likely N-dealkylation sites (tertiary alicyclic amines) is 1. The number of H-pyrrole nitrogens is 1. The minimum absolute atomic E-state index is 0.155. The number of nitrogens with zero attached hydrogens (tertiary/aromatic N) is 1. The molecule has 26 heavy (non-hydrogen) atoms. The van der Waals surface area contributed by atoms with Crippen molar-refractivity contribution in [1.82, 2.24) is 9.88 Å². The molecule has 2 heterocycles. The van der Waals surface area contributed by atoms with Gasteiger partial charge >= 0.3 is 0 Å². The summed E-state index contributed by atoms with van der Waals surface area (Å²) in [6.45, 7) is 13.0. The van der Waals surface area contributed by atoms with Crippen LogP contribution in [0.4, 0.5) is 0 Å². The molecule has 2 atom stereocenters. The molecule has 140 valence electrons. The summed E-state index contributed by atoms with van der Waals surface area (Å²) in [5.74, 6) is 0. The maximum Gasteiger partial charge on any atom is 0.194 e. The summed E-state index contributed by atoms with van der Waals surface area (Å²) in [5.41, 5.74) is 4.63. The van der Waals surface area contributed by atoms with Crippen LogP contribution in [-0.2, 0) is 6.54 Å². The van der Waals surface area contributed by atoms with Gasteiger partial charge in [-0.2, -0.15) is 0 Å². The van der Waals surface area contributed by atoms with Crippen LogP contribution in [0.15, 0.2) is 16.9 Å². The third-order valence-corrected chi connectivity index (χ3v) is 6.98. The van der Waals surface area contributed by atoms with Crippen LogP contribution >= 0.6 is 11.6 Å². The first-order valence-corrected chi connectivity index (χ1v) is 10.0. The number of rotatable bonds is 2. The van der Waals surface area contributed by atoms with Crippen molar-refractivity contribution in [3.05, 3.63) is 44.2 Å². The van der Waals surface area contributed by atoms with E-state index >= 15 is 0 Å². The Bertz CT molecular complexity index is 945. The van der Waals surface area contributed by atoms with E-state index in [1.54, 1.807) is 0 Å². The lowest BCUT2D eigenvalue weighted by molar-refractivity contribution is 0.126. The van der Waals surface area contributed by atoms with E-state index in [2.05, 4.69) is 30.7 Å². The lowest BCUT2D eigenvalue weighted by Crippen LogP contribution is -2.35. The van der Waals surface area contributed by atoms with E-state index in [1.165, 1.54) is 19.3 Å². The molecular weight excluding hydrogens is 344 g/mol. The standard InChI is InChI=1S/C22H29ClN2O/c1-13-18(23)7-6-16-19(13)24-14(2)17(20(16)26)10-25-12-22(5)9-15(25)8-21(3,4)11-22/h6-7,15H,8-12H2,1-5H3,(H,24,26). The molecule has 4 rings (SSSR count). The number of pyridine rings is 1. The Labute approximate surface area is 160 Å². The normalized spacial score (nSPS) is 28.0. The van der Waals surface area contributed by atoms with Gasteiger partial charge in [0.15, 0.2) is 5.43 Å². The molecule has 1 saturated heterocycles. The van der Waals surface area contributed by atoms with E-state index < -0.39 is 0 Å². The quantitative estimate of drug-likeness (QED) is 0.786. The fraction of sp³-hybridized carbons (Fsp3) is 0.591. The second kappa shape index (κ2) is 5.84. The number of aromatic amines is 1. The Morgan fingerprint density at radius 2 is 1.96 bits per heavy atom. The van der Waals surface area contributed by atoms with Crippen molar-refractivity contribution in [1.29, 1.82) is 0 Å². The molecule has 1 aromatic carbocycles. The topological polar surface area (TPSA) is 36.1 Å². The molecule has 0 amide bonds. The molecule has 2 unspecified atom stereocenters. The highest BCUT2D eigenvalue weighted by Crippen LogP contribution is 2.52. The van der Waals surface area contributed by atoms with E-state index in [0.29, 0.717) is 21.9 Å². The van der Waals surface area contributed by atoms with Gasteiger partial charge in [-0.05, 0) is 61.6 Å². The molecule has 1 aliphatic heterocycles. The number of aromatic nitrogens is 1. The van der Waals surface area contributed by atoms with Crippen molar-refractivity contribution in [3.8, 4) is 0 Å². The highest BCUT2D eigenvalue weighted by molar-refractivity contribution is 6.32. The number of fused-ring (bicyclic) bond motifs is 3. The average molecular weight is 373 g/mol. The average Bonchev–Trinajstić information content (AvgIpc) is 2.76. The number of aryl methyl sites for hydroxylation is 2. The van der Waals surface area contributed by atoms with Gasteiger partial charge in [-0.1, -0.05) is 32.4 Å². The van der Waals surface area contributed by atoms with Gasteiger partial charge in [-0.3, -0.25) is 9.69 Å². The van der Waals surface area contributed by atoms with Crippen molar-refractivity contribution in [2.75, 3.05) is 6.54 Å². The summed E-state index contributed by atoms with van der Waals surface area (Å²) in [6.07, 6.45) is 3.76. The lowest BCUT2D eigenvalue weighted by atomic mass is 9.65. The number of hydrogen-bond donors (Lipinski definition) is 1. The van der Waals surface area contributed by atoms with Gasteiger partial charge in [0.05, 0.1) is 5.52 Å². The number of hydrogen-bond acceptors (Lipinski definition) is 2. The number of nitrogens with one attached hydrogen (secondary N) is 1. The molecule has 0 radical (unpaired) electrons. The summed E-state index contributed by atoms with van der Waals surface area (Å²) < 4.78 is 0. The molecule has 1 aliphatic carbocycles. The van der Waals surface area contributed by atoms with Gasteiger partial charge in [0.25, 0.3) is 0 Å². The van der Waals surface area contributed by atoms with Gasteiger partial charge in [0.1, 0.15) is 0 Å². The lowest BCUT2D eigenvalue weighted by Gasteiger charge is -2.40. The molecule has 2 fully saturated rings. The molecule has 4 heteroatoms. The molecule has 3 nitrogen and oxygen atoms in total. The summed E-state index contributed by atoms with van der Waals surface area (Å²) in [7, 11) is 0. The van der Waals surface area contributed by atoms with Crippen molar-refractivity contribution < 1.29 is 0 Å². The molecule has 1 N–H and O–H groups in total. The van der Waals surface area contributed by atoms with E-state index in [0.717, 1.165) is 40.8 Å². The van der Waals surface area contributed by atoms with Crippen LogP contribution in [-0.4, -0.2) is 22.5 Å². The van der Waals surface area contributed by atoms with Gasteiger partial charge in [-0.15, -0.1) is 0 Å². The highest BCUT2D eigenvalue weighted by Gasteiger charge is 2.49. The molecule has 1 saturated carbocycles. The highest BCUT2D eigenvalue weighted by atomic mass is 35.5. The predicted molar refractivity (Wildman–Crippen MR) is 109 cm³/mol. The third kappa shape index (κ3) is 2.90. The molecule has 2 aliphatic rings. The van der Waals surface area contributed by atoms with Crippen LogP contribution in [0.2, 0.25) is 5.02 Å². The fourth-order valence-corrected chi connectivity index (χ4v) is 5.94. The minimum Gasteiger partial charge on any atom is -0.358 e. The SMILES string of the molecule is Cc1[nH]c2c(C)c(Cl)ccc2c(=O)c1CN1CC2(C)CC1CC(C)(C)C2. The Hall–Kier alpha value is -1.32. The maximum atomic E-state index is 13.2. The Kier molecular flexibility index (Phi) is 4.06. The zero-order valence-electron chi connectivity index (χ0n) is 16.5. The van der Waals surface area contributed by atoms with Crippen LogP contribution in [0.3, 0.4) is 0 Å². The Morgan fingerprint density at radius 3 is 2.69 bits per heavy atom. The monoisotopic (exact) mass is 372 g/mol. The minimum atomic E-state index is 0.155. The molecule has 0 spiro atoms. The van der Waals surface area contributed by atoms with Crippen molar-refractivity contribution in [2.24, 2.45) is 10.8 Å². The van der Waals surface area contributed by atoms with Crippen molar-refractivity contribution in [2.45, 2.75) is 66.5 Å². The summed E-state index contributed by atoms with van der Waals surface area (Å²) >= 11 is 6.24. The summed E-state index contributed by atoms with van der Waals surface area (Å²) in [6, 6.07) is 4.28. The Morgan fingerprint density at radius 1 is 1.23 bits per heavy atom. The van der Waals surface area contributed by atoms with Gasteiger partial charge < -0.3 is 4.98 Å². The Balaban J connectivity index is 1.73. The van der Waals surface area contributed by atoms with E-state index in [1.807, 2.05) is 26.0 Å². The van der Waals surface area contributed by atoms with Crippen molar-refractivity contribution >= 4 is 22.5 Å². The second-order valence-corrected chi connectivity index (χ2v) is 10.2. The fourth-order valence-electron chi connectivity index (χ4n) is 5.79. The van der Waals surface area contributed by atoms with Crippen LogP contribution in [0, 0.1) is 24.7 Å². The second-order valence-electron chi connectivity index (χ2n) is 9.77. The van der Waals surface area contributed by atoms with Gasteiger partial charge in [0, 0.05) is 40.8 Å². The predicted octanol–water partition coefficient (Wildman–Crippen LogP) is 5.20.